The summed E-state index contributed by atoms with van der Waals surface area (Å²) in [5.41, 5.74) is 5.97. The number of nitrogens with zero attached hydrogens (tertiary/aromatic N) is 5. The molecule has 0 spiro atoms. The van der Waals surface area contributed by atoms with E-state index in [1.54, 1.807) is 7.05 Å². The predicted molar refractivity (Wildman–Crippen MR) is 110 cm³/mol. The number of nitrogen functional groups attached to an aromatic ring is 1. The van der Waals surface area contributed by atoms with Crippen molar-refractivity contribution in [3.63, 3.8) is 0 Å². The van der Waals surface area contributed by atoms with Gasteiger partial charge in [-0.15, -0.1) is 0 Å². The smallest absolute Gasteiger partial charge is 0.314 e. The maximum atomic E-state index is 15.3. The Morgan fingerprint density at radius 2 is 2.06 bits per heavy atom. The Morgan fingerprint density at radius 3 is 2.74 bits per heavy atom. The van der Waals surface area contributed by atoms with E-state index >= 15 is 4.39 Å². The Labute approximate surface area is 178 Å². The highest BCUT2D eigenvalue weighted by Gasteiger charge is 2.34. The molecular formula is C19H25FN8O3. The molecule has 166 valence electrons. The molecule has 4 rings (SSSR count). The number of hydrogen-bond acceptors (Lipinski definition) is 9. The number of aromatic nitrogens is 4. The molecule has 1 aliphatic heterocycles. The first-order valence-corrected chi connectivity index (χ1v) is 10.1. The van der Waals surface area contributed by atoms with Gasteiger partial charge < -0.3 is 30.7 Å². The molecule has 0 radical (unpaired) electrons. The Hall–Kier alpha value is -3.28. The van der Waals surface area contributed by atoms with E-state index in [9.17, 15) is 4.79 Å². The fourth-order valence-electron chi connectivity index (χ4n) is 3.49. The van der Waals surface area contributed by atoms with Gasteiger partial charge in [-0.3, -0.25) is 0 Å². The topological polar surface area (TPSA) is 140 Å². The van der Waals surface area contributed by atoms with Crippen LogP contribution in [0, 0.1) is 5.82 Å². The number of nitrogens with two attached hydrogens (primary N) is 1. The van der Waals surface area contributed by atoms with E-state index in [1.165, 1.54) is 12.4 Å². The average Bonchev–Trinajstić information content (AvgIpc) is 2.74. The van der Waals surface area contributed by atoms with Crippen molar-refractivity contribution in [2.75, 3.05) is 37.4 Å². The van der Waals surface area contributed by atoms with Crippen molar-refractivity contribution in [2.24, 2.45) is 0 Å². The quantitative estimate of drug-likeness (QED) is 0.623. The van der Waals surface area contributed by atoms with Gasteiger partial charge in [0.1, 0.15) is 11.8 Å². The number of halogens is 1. The Balaban J connectivity index is 1.61. The van der Waals surface area contributed by atoms with Crippen molar-refractivity contribution in [2.45, 2.75) is 38.0 Å². The van der Waals surface area contributed by atoms with Gasteiger partial charge in [-0.25, -0.2) is 19.7 Å². The molecule has 2 aliphatic rings. The summed E-state index contributed by atoms with van der Waals surface area (Å²) in [5.74, 6) is -0.404. The standard InChI is InChI=1S/C19H25FN8O3/c1-10-9-30-4-3-28(10)18-26-15(11-7-23-17(21)24-8-11)14(20)16(27-18)31-13-5-12(6-13)25-19(29)22-2/h7-8,10,12-13H,3-6,9H2,1-2H3,(H2,21,23,24)(H2,22,25,29)/t10-,12?,13?/m0/s1. The van der Waals surface area contributed by atoms with Crippen LogP contribution in [0.15, 0.2) is 12.4 Å². The molecule has 2 aromatic heterocycles. The Morgan fingerprint density at radius 1 is 1.32 bits per heavy atom. The van der Waals surface area contributed by atoms with E-state index in [-0.39, 0.29) is 41.7 Å². The summed E-state index contributed by atoms with van der Waals surface area (Å²) in [4.78, 5) is 30.1. The molecule has 11 nitrogen and oxygen atoms in total. The maximum Gasteiger partial charge on any atom is 0.314 e. The number of morpholine rings is 1. The third kappa shape index (κ3) is 4.58. The summed E-state index contributed by atoms with van der Waals surface area (Å²) in [6.45, 7) is 3.61. The zero-order chi connectivity index (χ0) is 22.0. The van der Waals surface area contributed by atoms with Crippen LogP contribution in [0.4, 0.5) is 21.1 Å². The summed E-state index contributed by atoms with van der Waals surface area (Å²) < 4.78 is 26.7. The molecule has 2 amide bonds. The average molecular weight is 432 g/mol. The summed E-state index contributed by atoms with van der Waals surface area (Å²) in [6, 6.07) is -0.267. The molecule has 1 saturated carbocycles. The van der Waals surface area contributed by atoms with Gasteiger partial charge in [-0.1, -0.05) is 0 Å². The number of rotatable bonds is 5. The normalized spacial score (nSPS) is 23.1. The maximum absolute atomic E-state index is 15.3. The second-order valence-corrected chi connectivity index (χ2v) is 7.57. The number of carbonyl (C=O) groups excluding carboxylic acids is 1. The number of hydrogen-bond donors (Lipinski definition) is 3. The third-order valence-corrected chi connectivity index (χ3v) is 5.31. The minimum atomic E-state index is -0.694. The first-order valence-electron chi connectivity index (χ1n) is 10.1. The van der Waals surface area contributed by atoms with Crippen LogP contribution < -0.4 is 26.0 Å². The second-order valence-electron chi connectivity index (χ2n) is 7.57. The first-order chi connectivity index (χ1) is 14.9. The Kier molecular flexibility index (Phi) is 5.98. The van der Waals surface area contributed by atoms with Crippen molar-refractivity contribution in [3.05, 3.63) is 18.2 Å². The minimum absolute atomic E-state index is 0.0208. The van der Waals surface area contributed by atoms with Gasteiger partial charge in [0.15, 0.2) is 0 Å². The lowest BCUT2D eigenvalue weighted by molar-refractivity contribution is 0.0790. The third-order valence-electron chi connectivity index (χ3n) is 5.31. The highest BCUT2D eigenvalue weighted by atomic mass is 19.1. The molecule has 2 aromatic rings. The molecule has 3 heterocycles. The molecule has 31 heavy (non-hydrogen) atoms. The lowest BCUT2D eigenvalue weighted by Crippen LogP contribution is -2.51. The van der Waals surface area contributed by atoms with Crippen LogP contribution in [0.1, 0.15) is 19.8 Å². The number of ether oxygens (including phenoxy) is 2. The van der Waals surface area contributed by atoms with Gasteiger partial charge in [-0.05, 0) is 6.92 Å². The van der Waals surface area contributed by atoms with Crippen LogP contribution in [0.2, 0.25) is 0 Å². The highest BCUT2D eigenvalue weighted by molar-refractivity contribution is 5.73. The van der Waals surface area contributed by atoms with Crippen molar-refractivity contribution in [1.82, 2.24) is 30.6 Å². The van der Waals surface area contributed by atoms with Gasteiger partial charge in [0.2, 0.25) is 17.7 Å². The summed E-state index contributed by atoms with van der Waals surface area (Å²) in [5, 5.41) is 5.31. The first kappa shape index (κ1) is 21.0. The van der Waals surface area contributed by atoms with Gasteiger partial charge in [0.25, 0.3) is 5.88 Å². The van der Waals surface area contributed by atoms with Crippen LogP contribution in [-0.2, 0) is 4.74 Å². The highest BCUT2D eigenvalue weighted by Crippen LogP contribution is 2.32. The van der Waals surface area contributed by atoms with Crippen LogP contribution in [0.5, 0.6) is 5.88 Å². The molecule has 4 N–H and O–H groups in total. The molecule has 0 unspecified atom stereocenters. The van der Waals surface area contributed by atoms with Crippen LogP contribution >= 0.6 is 0 Å². The van der Waals surface area contributed by atoms with E-state index in [0.717, 1.165) is 0 Å². The molecule has 12 heteroatoms. The van der Waals surface area contributed by atoms with Gasteiger partial charge in [0, 0.05) is 50.4 Å². The summed E-state index contributed by atoms with van der Waals surface area (Å²) >= 11 is 0. The van der Waals surface area contributed by atoms with E-state index < -0.39 is 5.82 Å². The van der Waals surface area contributed by atoms with E-state index in [2.05, 4.69) is 30.6 Å². The van der Waals surface area contributed by atoms with E-state index in [0.29, 0.717) is 44.1 Å². The fraction of sp³-hybridized carbons (Fsp3) is 0.526. The Bertz CT molecular complexity index is 938. The zero-order valence-corrected chi connectivity index (χ0v) is 17.3. The number of anilines is 2. The molecule has 1 atom stereocenters. The zero-order valence-electron chi connectivity index (χ0n) is 17.3. The molecule has 0 bridgehead atoms. The molecule has 1 aliphatic carbocycles. The second kappa shape index (κ2) is 8.84. The lowest BCUT2D eigenvalue weighted by Gasteiger charge is -2.36. The SMILES string of the molecule is CNC(=O)NC1CC(Oc2nc(N3CCOC[C@@H]3C)nc(-c3cnc(N)nc3)c2F)C1. The molecule has 2 fully saturated rings. The van der Waals surface area contributed by atoms with Crippen molar-refractivity contribution in [1.29, 1.82) is 0 Å². The monoisotopic (exact) mass is 432 g/mol. The van der Waals surface area contributed by atoms with E-state index in [4.69, 9.17) is 15.2 Å². The number of amides is 2. The van der Waals surface area contributed by atoms with Crippen molar-refractivity contribution >= 4 is 17.9 Å². The largest absolute Gasteiger partial charge is 0.472 e. The van der Waals surface area contributed by atoms with E-state index in [1.807, 2.05) is 11.8 Å². The molecule has 0 aromatic carbocycles. The predicted octanol–water partition coefficient (Wildman–Crippen LogP) is 0.719. The summed E-state index contributed by atoms with van der Waals surface area (Å²) in [7, 11) is 1.55. The number of nitrogens with one attached hydrogen (secondary N) is 2. The molecule has 1 saturated heterocycles. The van der Waals surface area contributed by atoms with Crippen LogP contribution in [-0.4, -0.2) is 71.0 Å². The summed E-state index contributed by atoms with van der Waals surface area (Å²) in [6.07, 6.45) is 3.67. The van der Waals surface area contributed by atoms with Gasteiger partial charge >= 0.3 is 6.03 Å². The van der Waals surface area contributed by atoms with Crippen molar-refractivity contribution < 1.29 is 18.7 Å². The number of carbonyl (C=O) groups is 1. The van der Waals surface area contributed by atoms with Crippen LogP contribution in [0.3, 0.4) is 0 Å². The van der Waals surface area contributed by atoms with Gasteiger partial charge in [-0.2, -0.15) is 9.37 Å². The van der Waals surface area contributed by atoms with Gasteiger partial charge in [0.05, 0.1) is 19.3 Å². The van der Waals surface area contributed by atoms with Crippen molar-refractivity contribution in [3.8, 4) is 17.1 Å². The van der Waals surface area contributed by atoms with Crippen LogP contribution in [0.25, 0.3) is 11.3 Å². The minimum Gasteiger partial charge on any atom is -0.472 e. The number of urea groups is 1. The lowest BCUT2D eigenvalue weighted by atomic mass is 9.89. The molecular weight excluding hydrogens is 407 g/mol. The fourth-order valence-corrected chi connectivity index (χ4v) is 3.49.